The number of benzene rings is 1. The number of nitrogens with zero attached hydrogens (tertiary/aromatic N) is 3. The molecule has 0 spiro atoms. The zero-order valence-electron chi connectivity index (χ0n) is 27.4. The molecule has 2 aliphatic rings. The number of nitrogens with two attached hydrogens (primary N) is 1. The molecule has 2 heterocycles. The number of carbonyl (C=O) groups excluding carboxylic acids is 5. The number of carbonyl (C=O) groups is 5. The number of allylic oxidation sites excluding steroid dienone is 2. The molecule has 2 N–H and O–H groups in total. The molecule has 16 heteroatoms. The maximum Gasteiger partial charge on any atom is 0.461 e. The van der Waals surface area contributed by atoms with E-state index in [-0.39, 0.29) is 34.9 Å². The third-order valence-corrected chi connectivity index (χ3v) is 8.08. The smallest absolute Gasteiger partial charge is 0.422 e. The summed E-state index contributed by atoms with van der Waals surface area (Å²) in [4.78, 5) is 69.6. The van der Waals surface area contributed by atoms with Gasteiger partial charge in [-0.2, -0.15) is 22.0 Å². The number of amides is 4. The van der Waals surface area contributed by atoms with Gasteiger partial charge >= 0.3 is 18.1 Å². The number of rotatable bonds is 9. The second-order valence-electron chi connectivity index (χ2n) is 12.3. The standard InChI is InChI=1S/C32H41F5N4O7/c1-18(2)24(38)30(46)40-13-7-6-8-23(40)29(45)41(25(19(3)4)26(48-20(5)42)31(33,34)32(35,36)37)28(44)22-11-9-21(10-12-22)27(43)39-14-16-47-17-15-39/h9-12,18-19,23-24H,6-8,13-17,38H2,1-5H3/t23?,24-/m0/s1. The first-order valence-corrected chi connectivity index (χ1v) is 15.6. The lowest BCUT2D eigenvalue weighted by Gasteiger charge is -2.40. The minimum atomic E-state index is -6.30. The predicted octanol–water partition coefficient (Wildman–Crippen LogP) is 4.12. The van der Waals surface area contributed by atoms with Gasteiger partial charge in [-0.05, 0) is 55.4 Å². The van der Waals surface area contributed by atoms with Crippen LogP contribution >= 0.6 is 0 Å². The normalized spacial score (nSPS) is 18.7. The van der Waals surface area contributed by atoms with E-state index in [9.17, 15) is 37.1 Å². The van der Waals surface area contributed by atoms with Crippen molar-refractivity contribution in [2.24, 2.45) is 17.6 Å². The van der Waals surface area contributed by atoms with Crippen molar-refractivity contribution >= 4 is 29.6 Å². The minimum absolute atomic E-state index is 0.00623. The van der Waals surface area contributed by atoms with Gasteiger partial charge in [0.05, 0.1) is 25.0 Å². The Morgan fingerprint density at radius 2 is 1.48 bits per heavy atom. The summed E-state index contributed by atoms with van der Waals surface area (Å²) >= 11 is 0. The molecule has 0 bridgehead atoms. The van der Waals surface area contributed by atoms with Gasteiger partial charge in [0.2, 0.25) is 11.7 Å². The largest absolute Gasteiger partial charge is 0.461 e. The Morgan fingerprint density at radius 1 is 0.917 bits per heavy atom. The fourth-order valence-electron chi connectivity index (χ4n) is 5.41. The highest BCUT2D eigenvalue weighted by atomic mass is 19.4. The van der Waals surface area contributed by atoms with Crippen LogP contribution in [-0.2, 0) is 23.9 Å². The number of hydrogen-bond acceptors (Lipinski definition) is 8. The van der Waals surface area contributed by atoms with Gasteiger partial charge < -0.3 is 25.0 Å². The van der Waals surface area contributed by atoms with Crippen molar-refractivity contribution in [1.82, 2.24) is 14.7 Å². The molecule has 266 valence electrons. The number of halogens is 5. The molecule has 1 aromatic rings. The molecule has 2 aliphatic heterocycles. The molecule has 11 nitrogen and oxygen atoms in total. The van der Waals surface area contributed by atoms with E-state index in [4.69, 9.17) is 10.5 Å². The lowest BCUT2D eigenvalue weighted by Crippen LogP contribution is -2.58. The number of piperidine rings is 1. The van der Waals surface area contributed by atoms with Crippen LogP contribution in [-0.4, -0.2) is 101 Å². The Balaban J connectivity index is 2.24. The van der Waals surface area contributed by atoms with Gasteiger partial charge in [0, 0.05) is 37.7 Å². The topological polar surface area (TPSA) is 140 Å². The van der Waals surface area contributed by atoms with Crippen LogP contribution in [0.4, 0.5) is 22.0 Å². The molecule has 1 aromatic carbocycles. The van der Waals surface area contributed by atoms with Crippen molar-refractivity contribution in [3.63, 3.8) is 0 Å². The van der Waals surface area contributed by atoms with Crippen LogP contribution in [0.5, 0.6) is 0 Å². The first-order valence-electron chi connectivity index (χ1n) is 15.6. The van der Waals surface area contributed by atoms with Crippen LogP contribution in [0.15, 0.2) is 35.7 Å². The van der Waals surface area contributed by atoms with E-state index in [1.807, 2.05) is 0 Å². The van der Waals surface area contributed by atoms with E-state index < -0.39 is 71.2 Å². The van der Waals surface area contributed by atoms with Crippen LogP contribution in [0.2, 0.25) is 0 Å². The zero-order chi connectivity index (χ0) is 36.1. The molecule has 0 aromatic heterocycles. The molecular formula is C32H41F5N4O7. The Kier molecular flexibility index (Phi) is 12.5. The van der Waals surface area contributed by atoms with Crippen molar-refractivity contribution in [3.8, 4) is 0 Å². The van der Waals surface area contributed by atoms with Crippen molar-refractivity contribution < 1.29 is 55.4 Å². The van der Waals surface area contributed by atoms with Gasteiger partial charge in [0.15, 0.2) is 0 Å². The van der Waals surface area contributed by atoms with Gasteiger partial charge in [-0.25, -0.2) is 4.90 Å². The summed E-state index contributed by atoms with van der Waals surface area (Å²) < 4.78 is 81.6. The number of alkyl halides is 5. The number of esters is 1. The third-order valence-electron chi connectivity index (χ3n) is 8.08. The highest BCUT2D eigenvalue weighted by molar-refractivity contribution is 6.09. The summed E-state index contributed by atoms with van der Waals surface area (Å²) in [7, 11) is 0. The molecule has 2 saturated heterocycles. The Labute approximate surface area is 275 Å². The molecule has 2 fully saturated rings. The van der Waals surface area contributed by atoms with Crippen LogP contribution in [0.25, 0.3) is 0 Å². The molecule has 48 heavy (non-hydrogen) atoms. The Morgan fingerprint density at radius 3 is 1.98 bits per heavy atom. The maximum atomic E-state index is 15.2. The van der Waals surface area contributed by atoms with Crippen LogP contribution in [0.3, 0.4) is 0 Å². The maximum absolute atomic E-state index is 15.2. The first kappa shape index (κ1) is 38.5. The van der Waals surface area contributed by atoms with Crippen LogP contribution in [0.1, 0.15) is 74.6 Å². The highest BCUT2D eigenvalue weighted by Gasteiger charge is 2.64. The van der Waals surface area contributed by atoms with E-state index in [0.29, 0.717) is 46.1 Å². The summed E-state index contributed by atoms with van der Waals surface area (Å²) in [6.45, 7) is 7.47. The highest BCUT2D eigenvalue weighted by Crippen LogP contribution is 2.45. The van der Waals surface area contributed by atoms with Gasteiger partial charge in [-0.3, -0.25) is 24.0 Å². The second-order valence-corrected chi connectivity index (χ2v) is 12.3. The summed E-state index contributed by atoms with van der Waals surface area (Å²) in [5, 5.41) is 0. The minimum Gasteiger partial charge on any atom is -0.422 e. The van der Waals surface area contributed by atoms with E-state index >= 15 is 8.78 Å². The Bertz CT molecular complexity index is 1410. The molecule has 0 saturated carbocycles. The SMILES string of the molecule is CC(=O)OC(=C(C(C)C)N(C(=O)c1ccc(C(=O)N2CCOCC2)cc1)C(=O)C1CCCCN1C(=O)[C@@H](N)C(C)C)C(F)(F)C(F)(F)F. The fourth-order valence-corrected chi connectivity index (χ4v) is 5.41. The van der Waals surface area contributed by atoms with Gasteiger partial charge in [0.25, 0.3) is 17.7 Å². The third kappa shape index (κ3) is 8.38. The van der Waals surface area contributed by atoms with Crippen LogP contribution in [0, 0.1) is 11.8 Å². The number of likely N-dealkylation sites (tertiary alicyclic amines) is 1. The number of morpholine rings is 1. The zero-order valence-corrected chi connectivity index (χ0v) is 27.4. The lowest BCUT2D eigenvalue weighted by atomic mass is 9.95. The van der Waals surface area contributed by atoms with E-state index in [2.05, 4.69) is 4.74 Å². The summed E-state index contributed by atoms with van der Waals surface area (Å²) in [5.41, 5.74) is 4.64. The quantitative estimate of drug-likeness (QED) is 0.177. The molecule has 1 unspecified atom stereocenters. The number of ether oxygens (including phenoxy) is 2. The predicted molar refractivity (Wildman–Crippen MR) is 161 cm³/mol. The summed E-state index contributed by atoms with van der Waals surface area (Å²) in [6, 6.07) is 2.20. The fraction of sp³-hybridized carbons (Fsp3) is 0.594. The second kappa shape index (κ2) is 15.5. The van der Waals surface area contributed by atoms with Crippen LogP contribution < -0.4 is 5.73 Å². The lowest BCUT2D eigenvalue weighted by molar-refractivity contribution is -0.276. The Hall–Kier alpha value is -3.92. The number of hydrogen-bond donors (Lipinski definition) is 1. The van der Waals surface area contributed by atoms with Gasteiger partial charge in [-0.1, -0.05) is 27.7 Å². The van der Waals surface area contributed by atoms with E-state index in [0.717, 1.165) is 30.9 Å². The first-order chi connectivity index (χ1) is 22.3. The molecule has 0 aliphatic carbocycles. The summed E-state index contributed by atoms with van der Waals surface area (Å²) in [6.07, 6.45) is -5.57. The molecule has 4 amide bonds. The van der Waals surface area contributed by atoms with Gasteiger partial charge in [-0.15, -0.1) is 0 Å². The summed E-state index contributed by atoms with van der Waals surface area (Å²) in [5.74, 6) is -15.1. The van der Waals surface area contributed by atoms with Crippen molar-refractivity contribution in [1.29, 1.82) is 0 Å². The average Bonchev–Trinajstić information content (AvgIpc) is 3.04. The van der Waals surface area contributed by atoms with E-state index in [1.54, 1.807) is 13.8 Å². The molecule has 2 atom stereocenters. The number of imide groups is 1. The average molecular weight is 689 g/mol. The van der Waals surface area contributed by atoms with Crippen molar-refractivity contribution in [2.75, 3.05) is 32.8 Å². The molecule has 3 rings (SSSR count). The van der Waals surface area contributed by atoms with Crippen molar-refractivity contribution in [3.05, 3.63) is 46.8 Å². The molecule has 0 radical (unpaired) electrons. The van der Waals surface area contributed by atoms with E-state index in [1.165, 1.54) is 17.0 Å². The monoisotopic (exact) mass is 688 g/mol. The van der Waals surface area contributed by atoms with Gasteiger partial charge in [0.1, 0.15) is 6.04 Å². The molecular weight excluding hydrogens is 647 g/mol. The van der Waals surface area contributed by atoms with Crippen molar-refractivity contribution in [2.45, 2.75) is 78.1 Å².